The van der Waals surface area contributed by atoms with Gasteiger partial charge in [0.05, 0.1) is 0 Å². The largest absolute Gasteiger partial charge is 0.345 e. The van der Waals surface area contributed by atoms with Gasteiger partial charge in [-0.1, -0.05) is 34.6 Å². The van der Waals surface area contributed by atoms with Gasteiger partial charge in [-0.25, -0.2) is 9.34 Å². The number of halogens is 2. The zero-order valence-corrected chi connectivity index (χ0v) is 16.6. The highest BCUT2D eigenvalue weighted by Crippen LogP contribution is 2.52. The van der Waals surface area contributed by atoms with Gasteiger partial charge in [0.1, 0.15) is 0 Å². The van der Waals surface area contributed by atoms with Crippen molar-refractivity contribution in [3.8, 4) is 0 Å². The molecule has 0 amide bonds. The van der Waals surface area contributed by atoms with Gasteiger partial charge in [-0.05, 0) is 13.5 Å². The van der Waals surface area contributed by atoms with Gasteiger partial charge in [0, 0.05) is 38.5 Å². The van der Waals surface area contributed by atoms with Gasteiger partial charge in [0.2, 0.25) is 0 Å². The molecular weight excluding hydrogens is 318 g/mol. The molecule has 0 aromatic carbocycles. The number of alkyl halides is 2. The highest BCUT2D eigenvalue weighted by atomic mass is 35.5. The van der Waals surface area contributed by atoms with Gasteiger partial charge in [0.15, 0.2) is 0 Å². The second-order valence-corrected chi connectivity index (χ2v) is 6.74. The Labute approximate surface area is 136 Å². The number of rotatable bonds is 9. The Balaban J connectivity index is -0.000000656. The van der Waals surface area contributed by atoms with Crippen LogP contribution in [0, 0.1) is 0 Å². The Morgan fingerprint density at radius 2 is 1.40 bits per heavy atom. The molecule has 0 N–H and O–H groups in total. The lowest BCUT2D eigenvalue weighted by Crippen LogP contribution is -2.33. The number of hydrogen-bond acceptors (Lipinski definition) is 2. The third-order valence-electron chi connectivity index (χ3n) is 2.26. The van der Waals surface area contributed by atoms with Crippen molar-refractivity contribution in [1.29, 1.82) is 0 Å². The number of hydrogen-bond donors (Lipinski definition) is 0. The van der Waals surface area contributed by atoms with E-state index in [9.17, 15) is 4.57 Å². The van der Waals surface area contributed by atoms with E-state index in [1.54, 1.807) is 16.4 Å². The topological polar surface area (TPSA) is 32.8 Å². The second kappa shape index (κ2) is 17.7. The van der Waals surface area contributed by atoms with Crippen LogP contribution in [-0.4, -0.2) is 54.9 Å². The molecule has 1 atom stereocenters. The minimum absolute atomic E-state index is 0.407. The average molecular weight is 351 g/mol. The molecule has 0 saturated carbocycles. The van der Waals surface area contributed by atoms with Crippen LogP contribution in [0.4, 0.5) is 0 Å². The molecule has 0 aliphatic rings. The third-order valence-corrected chi connectivity index (χ3v) is 5.25. The summed E-state index contributed by atoms with van der Waals surface area (Å²) in [6.45, 7) is 11.8. The minimum Gasteiger partial charge on any atom is -0.309 e. The first-order valence-electron chi connectivity index (χ1n) is 7.31. The smallest absolute Gasteiger partial charge is 0.309 e. The molecule has 0 bridgehead atoms. The van der Waals surface area contributed by atoms with Gasteiger partial charge in [-0.3, -0.25) is 4.57 Å². The average Bonchev–Trinajstić information content (AvgIpc) is 2.50. The van der Waals surface area contributed by atoms with Crippen LogP contribution in [0.1, 0.15) is 41.0 Å². The molecule has 0 radical (unpaired) electrons. The van der Waals surface area contributed by atoms with Crippen molar-refractivity contribution < 1.29 is 9.09 Å². The first kappa shape index (κ1) is 25.6. The quantitative estimate of drug-likeness (QED) is 0.436. The Hall–Kier alpha value is 0.690. The van der Waals surface area contributed by atoms with E-state index in [-0.39, 0.29) is 0 Å². The van der Waals surface area contributed by atoms with Crippen molar-refractivity contribution in [3.63, 3.8) is 0 Å². The monoisotopic (exact) mass is 350 g/mol. The maximum Gasteiger partial charge on any atom is 0.345 e. The minimum atomic E-state index is -2.95. The first-order valence-corrected chi connectivity index (χ1v) is 9.91. The lowest BCUT2D eigenvalue weighted by molar-refractivity contribution is 0.260. The van der Waals surface area contributed by atoms with E-state index < -0.39 is 7.67 Å². The van der Waals surface area contributed by atoms with Gasteiger partial charge in [-0.15, -0.1) is 23.2 Å². The third kappa shape index (κ3) is 9.59. The van der Waals surface area contributed by atoms with E-state index in [0.717, 1.165) is 6.42 Å². The lowest BCUT2D eigenvalue weighted by Gasteiger charge is -2.34. The van der Waals surface area contributed by atoms with Crippen LogP contribution in [0.15, 0.2) is 0 Å². The summed E-state index contributed by atoms with van der Waals surface area (Å²) >= 11 is 11.4. The summed E-state index contributed by atoms with van der Waals surface area (Å²) in [6.07, 6.45) is 0.916. The summed E-state index contributed by atoms with van der Waals surface area (Å²) in [7, 11) is 0.302. The summed E-state index contributed by atoms with van der Waals surface area (Å²) in [5.74, 6) is 0.814. The molecule has 0 aliphatic heterocycles. The Kier molecular flexibility index (Phi) is 22.7. The molecule has 0 aliphatic carbocycles. The van der Waals surface area contributed by atoms with Crippen molar-refractivity contribution in [3.05, 3.63) is 0 Å². The molecule has 20 heavy (non-hydrogen) atoms. The maximum absolute atomic E-state index is 12.7. The predicted molar refractivity (Wildman–Crippen MR) is 93.2 cm³/mol. The molecule has 0 spiro atoms. The van der Waals surface area contributed by atoms with E-state index in [0.29, 0.717) is 31.4 Å². The summed E-state index contributed by atoms with van der Waals surface area (Å²) in [6, 6.07) is 0. The van der Waals surface area contributed by atoms with E-state index >= 15 is 0 Å². The molecule has 7 heteroatoms. The van der Waals surface area contributed by atoms with Crippen LogP contribution >= 0.6 is 30.9 Å². The number of nitrogens with zero attached hydrogens (tertiary/aromatic N) is 2. The first-order chi connectivity index (χ1) is 9.56. The van der Waals surface area contributed by atoms with E-state index in [4.69, 9.17) is 27.7 Å². The van der Waals surface area contributed by atoms with Crippen molar-refractivity contribution in [2.24, 2.45) is 0 Å². The lowest BCUT2D eigenvalue weighted by atomic mass is 10.5. The highest BCUT2D eigenvalue weighted by molar-refractivity contribution is 7.53. The van der Waals surface area contributed by atoms with Crippen LogP contribution in [0.5, 0.6) is 0 Å². The molecular formula is C13H33Cl2N2O2P. The fourth-order valence-corrected chi connectivity index (χ4v) is 4.22. The normalized spacial score (nSPS) is 13.2. The Morgan fingerprint density at radius 3 is 1.65 bits per heavy atom. The van der Waals surface area contributed by atoms with Crippen LogP contribution in [0.2, 0.25) is 0 Å². The van der Waals surface area contributed by atoms with Crippen LogP contribution in [-0.2, 0) is 9.09 Å². The van der Waals surface area contributed by atoms with E-state index in [2.05, 4.69) is 0 Å². The molecule has 4 nitrogen and oxygen atoms in total. The fraction of sp³-hybridized carbons (Fsp3) is 1.00. The zero-order valence-electron chi connectivity index (χ0n) is 14.2. The Bertz CT molecular complexity index is 228. The SMILES string of the molecule is CC.CC.CCCN(C)P(=O)(OC)N(CCCl)CCCl. The van der Waals surface area contributed by atoms with E-state index in [1.165, 1.54) is 7.11 Å². The van der Waals surface area contributed by atoms with Crippen molar-refractivity contribution in [2.75, 3.05) is 45.6 Å². The van der Waals surface area contributed by atoms with Crippen LogP contribution < -0.4 is 0 Å². The molecule has 0 heterocycles. The molecule has 0 aromatic heterocycles. The zero-order chi connectivity index (χ0) is 16.6. The van der Waals surface area contributed by atoms with Crippen molar-refractivity contribution >= 4 is 30.9 Å². The van der Waals surface area contributed by atoms with Gasteiger partial charge >= 0.3 is 7.67 Å². The second-order valence-electron chi connectivity index (χ2n) is 3.39. The van der Waals surface area contributed by atoms with Gasteiger partial charge in [0.25, 0.3) is 0 Å². The van der Waals surface area contributed by atoms with Gasteiger partial charge < -0.3 is 4.52 Å². The maximum atomic E-state index is 12.7. The molecule has 0 aromatic rings. The summed E-state index contributed by atoms with van der Waals surface area (Å²) < 4.78 is 21.3. The van der Waals surface area contributed by atoms with Crippen molar-refractivity contribution in [1.82, 2.24) is 9.34 Å². The highest BCUT2D eigenvalue weighted by Gasteiger charge is 2.34. The molecule has 0 fully saturated rings. The van der Waals surface area contributed by atoms with Crippen LogP contribution in [0.3, 0.4) is 0 Å². The fourth-order valence-electron chi connectivity index (χ4n) is 1.48. The molecule has 0 saturated heterocycles. The molecule has 0 rings (SSSR count). The molecule has 126 valence electrons. The summed E-state index contributed by atoms with van der Waals surface area (Å²) in [5.41, 5.74) is 0. The van der Waals surface area contributed by atoms with Crippen molar-refractivity contribution in [2.45, 2.75) is 41.0 Å². The standard InChI is InChI=1S/C9H21Cl2N2O2P.2C2H6/c1-4-7-12(2)16(14,15-3)13(8-5-10)9-6-11;2*1-2/h4-9H2,1-3H3;2*1-2H3. The summed E-state index contributed by atoms with van der Waals surface area (Å²) in [5, 5.41) is 0. The Morgan fingerprint density at radius 1 is 1.00 bits per heavy atom. The predicted octanol–water partition coefficient (Wildman–Crippen LogP) is 4.91. The summed E-state index contributed by atoms with van der Waals surface area (Å²) in [4.78, 5) is 0. The molecule has 1 unspecified atom stereocenters. The van der Waals surface area contributed by atoms with E-state index in [1.807, 2.05) is 34.6 Å². The van der Waals surface area contributed by atoms with Gasteiger partial charge in [-0.2, -0.15) is 0 Å². The van der Waals surface area contributed by atoms with Crippen LogP contribution in [0.25, 0.3) is 0 Å².